The number of carbonyl (C=O) groups excluding carboxylic acids is 1. The molecular weight excluding hydrogens is 486 g/mol. The number of nitriles is 2. The van der Waals surface area contributed by atoms with Crippen LogP contribution in [-0.4, -0.2) is 30.4 Å². The lowest BCUT2D eigenvalue weighted by Gasteiger charge is -2.57. The van der Waals surface area contributed by atoms with Crippen molar-refractivity contribution in [3.8, 4) is 23.6 Å². The topological polar surface area (TPSA) is 86.4 Å². The van der Waals surface area contributed by atoms with Gasteiger partial charge in [0.05, 0.1) is 26.2 Å². The zero-order valence-electron chi connectivity index (χ0n) is 22.5. The van der Waals surface area contributed by atoms with Crippen LogP contribution in [-0.2, 0) is 4.79 Å². The summed E-state index contributed by atoms with van der Waals surface area (Å²) in [7, 11) is 3.17. The average molecular weight is 520 g/mol. The van der Waals surface area contributed by atoms with E-state index in [-0.39, 0.29) is 17.2 Å². The molecule has 6 nitrogen and oxygen atoms in total. The monoisotopic (exact) mass is 519 g/mol. The Bertz CT molecular complexity index is 1410. The van der Waals surface area contributed by atoms with Crippen LogP contribution in [0, 0.1) is 51.7 Å². The quantitative estimate of drug-likeness (QED) is 0.480. The summed E-state index contributed by atoms with van der Waals surface area (Å²) in [6, 6.07) is 18.2. The molecule has 4 bridgehead atoms. The van der Waals surface area contributed by atoms with Crippen molar-refractivity contribution in [1.29, 1.82) is 10.5 Å². The Hall–Kier alpha value is -3.77. The number of carbonyl (C=O) groups is 1. The number of rotatable bonds is 5. The van der Waals surface area contributed by atoms with Gasteiger partial charge in [0.25, 0.3) is 0 Å². The molecule has 0 amide bonds. The first kappa shape index (κ1) is 24.3. The van der Waals surface area contributed by atoms with Crippen LogP contribution >= 0.6 is 0 Å². The molecule has 4 aliphatic carbocycles. The van der Waals surface area contributed by atoms with Gasteiger partial charge in [0.1, 0.15) is 17.9 Å². The molecule has 2 aromatic carbocycles. The third-order valence-corrected chi connectivity index (χ3v) is 10.6. The molecule has 2 aromatic rings. The third kappa shape index (κ3) is 3.27. The van der Waals surface area contributed by atoms with Crippen molar-refractivity contribution in [3.63, 3.8) is 0 Å². The molecule has 0 radical (unpaired) electrons. The maximum Gasteiger partial charge on any atom is 0.222 e. The predicted molar refractivity (Wildman–Crippen MR) is 145 cm³/mol. The van der Waals surface area contributed by atoms with Gasteiger partial charge in [-0.1, -0.05) is 30.3 Å². The smallest absolute Gasteiger partial charge is 0.222 e. The summed E-state index contributed by atoms with van der Waals surface area (Å²) in [5.74, 6) is 2.03. The maximum atomic E-state index is 15.2. The number of hydrogen-bond donors (Lipinski definition) is 0. The Morgan fingerprint density at radius 3 is 2.18 bits per heavy atom. The Morgan fingerprint density at radius 1 is 0.923 bits per heavy atom. The second-order valence-corrected chi connectivity index (χ2v) is 12.5. The van der Waals surface area contributed by atoms with Crippen LogP contribution in [0.15, 0.2) is 48.7 Å². The molecule has 39 heavy (non-hydrogen) atoms. The summed E-state index contributed by atoms with van der Waals surface area (Å²) < 4.78 is 11.1. The number of nitrogens with zero attached hydrogens (tertiary/aromatic N) is 3. The molecule has 5 fully saturated rings. The van der Waals surface area contributed by atoms with E-state index < -0.39 is 17.4 Å². The highest BCUT2D eigenvalue weighted by molar-refractivity contribution is 5.91. The van der Waals surface area contributed by atoms with Crippen LogP contribution < -0.4 is 9.47 Å². The van der Waals surface area contributed by atoms with E-state index in [0.717, 1.165) is 36.0 Å². The van der Waals surface area contributed by atoms with Crippen molar-refractivity contribution in [2.45, 2.75) is 56.0 Å². The van der Waals surface area contributed by atoms with Gasteiger partial charge in [0, 0.05) is 17.5 Å². The largest absolute Gasteiger partial charge is 0.493 e. The molecule has 8 rings (SSSR count). The van der Waals surface area contributed by atoms with E-state index in [4.69, 9.17) is 9.47 Å². The van der Waals surface area contributed by atoms with Crippen LogP contribution in [0.2, 0.25) is 0 Å². The first-order chi connectivity index (χ1) is 19.0. The summed E-state index contributed by atoms with van der Waals surface area (Å²) in [6.07, 6.45) is 10.4. The van der Waals surface area contributed by atoms with Gasteiger partial charge in [-0.05, 0) is 91.2 Å². The van der Waals surface area contributed by atoms with Gasteiger partial charge in [0.2, 0.25) is 5.54 Å². The molecular formula is C33H33N3O3. The lowest BCUT2D eigenvalue weighted by Crippen LogP contribution is -2.52. The fraction of sp³-hybridized carbons (Fsp3) is 0.485. The molecule has 6 heteroatoms. The van der Waals surface area contributed by atoms with Gasteiger partial charge in [-0.3, -0.25) is 4.79 Å². The zero-order valence-corrected chi connectivity index (χ0v) is 22.5. The van der Waals surface area contributed by atoms with Gasteiger partial charge in [-0.25, -0.2) is 0 Å². The Morgan fingerprint density at radius 2 is 1.56 bits per heavy atom. The molecule has 3 unspecified atom stereocenters. The van der Waals surface area contributed by atoms with Crippen LogP contribution in [0.3, 0.4) is 0 Å². The van der Waals surface area contributed by atoms with Gasteiger partial charge in [-0.15, -0.1) is 0 Å². The van der Waals surface area contributed by atoms with E-state index in [1.807, 2.05) is 47.5 Å². The van der Waals surface area contributed by atoms with Gasteiger partial charge in [-0.2, -0.15) is 10.5 Å². The number of Topliss-reactive ketones (excluding diaryl/α,β-unsaturated/α-hetero) is 1. The number of ether oxygens (including phenoxy) is 2. The van der Waals surface area contributed by atoms with Crippen LogP contribution in [0.25, 0.3) is 6.08 Å². The van der Waals surface area contributed by atoms with E-state index in [2.05, 4.69) is 24.3 Å². The Kier molecular flexibility index (Phi) is 5.37. The highest BCUT2D eigenvalue weighted by Crippen LogP contribution is 2.65. The molecule has 3 atom stereocenters. The molecule has 6 aliphatic rings. The lowest BCUT2D eigenvalue weighted by atomic mass is 9.47. The number of benzene rings is 2. The molecule has 0 N–H and O–H groups in total. The fourth-order valence-electron chi connectivity index (χ4n) is 9.48. The van der Waals surface area contributed by atoms with Crippen LogP contribution in [0.5, 0.6) is 11.5 Å². The predicted octanol–water partition coefficient (Wildman–Crippen LogP) is 6.02. The van der Waals surface area contributed by atoms with E-state index in [9.17, 15) is 10.5 Å². The minimum atomic E-state index is -1.54. The molecule has 0 aromatic heterocycles. The number of ketones is 1. The van der Waals surface area contributed by atoms with Crippen LogP contribution in [0.1, 0.15) is 67.2 Å². The molecule has 2 aliphatic heterocycles. The third-order valence-electron chi connectivity index (χ3n) is 10.6. The molecule has 198 valence electrons. The minimum Gasteiger partial charge on any atom is -0.493 e. The second-order valence-electron chi connectivity index (χ2n) is 12.5. The Balaban J connectivity index is 1.45. The van der Waals surface area contributed by atoms with Crippen molar-refractivity contribution >= 4 is 11.9 Å². The SMILES string of the molecule is COc1ccc(C2C(C(=O)C34CC5CC(CC(C5)C3)C4)C3c4ccccc4C=CN3C2(C#N)C#N)cc1OC. The number of fused-ring (bicyclic) bond motifs is 3. The molecule has 4 saturated carbocycles. The summed E-state index contributed by atoms with van der Waals surface area (Å²) in [4.78, 5) is 17.1. The zero-order chi connectivity index (χ0) is 26.9. The fourth-order valence-corrected chi connectivity index (χ4v) is 9.48. The van der Waals surface area contributed by atoms with E-state index in [1.165, 1.54) is 19.3 Å². The average Bonchev–Trinajstić information content (AvgIpc) is 3.26. The van der Waals surface area contributed by atoms with Crippen LogP contribution in [0.4, 0.5) is 0 Å². The number of methoxy groups -OCH3 is 2. The molecule has 1 saturated heterocycles. The second kappa shape index (κ2) is 8.62. The summed E-state index contributed by atoms with van der Waals surface area (Å²) in [5.41, 5.74) is 0.910. The summed E-state index contributed by atoms with van der Waals surface area (Å²) >= 11 is 0. The van der Waals surface area contributed by atoms with Gasteiger partial charge < -0.3 is 14.4 Å². The van der Waals surface area contributed by atoms with Crippen molar-refractivity contribution in [2.75, 3.05) is 14.2 Å². The maximum absolute atomic E-state index is 15.2. The van der Waals surface area contributed by atoms with Crippen molar-refractivity contribution < 1.29 is 14.3 Å². The number of hydrogen-bond acceptors (Lipinski definition) is 6. The lowest BCUT2D eigenvalue weighted by molar-refractivity contribution is -0.149. The van der Waals surface area contributed by atoms with E-state index in [0.29, 0.717) is 29.3 Å². The normalized spacial score (nSPS) is 34.5. The first-order valence-electron chi connectivity index (χ1n) is 14.1. The van der Waals surface area contributed by atoms with Gasteiger partial charge in [0.15, 0.2) is 11.5 Å². The highest BCUT2D eigenvalue weighted by atomic mass is 16.5. The highest BCUT2D eigenvalue weighted by Gasteiger charge is 2.66. The van der Waals surface area contributed by atoms with Crippen molar-refractivity contribution in [1.82, 2.24) is 4.90 Å². The minimum absolute atomic E-state index is 0.258. The van der Waals surface area contributed by atoms with Gasteiger partial charge >= 0.3 is 0 Å². The Labute approximate surface area is 229 Å². The van der Waals surface area contributed by atoms with Crippen molar-refractivity contribution in [2.24, 2.45) is 29.1 Å². The van der Waals surface area contributed by atoms with E-state index >= 15 is 4.79 Å². The summed E-state index contributed by atoms with van der Waals surface area (Å²) in [6.45, 7) is 0. The van der Waals surface area contributed by atoms with E-state index in [1.54, 1.807) is 14.2 Å². The summed E-state index contributed by atoms with van der Waals surface area (Å²) in [5, 5.41) is 21.6. The molecule has 0 spiro atoms. The first-order valence-corrected chi connectivity index (χ1v) is 14.1. The standard InChI is InChI=1S/C33H33N3O3/c1-38-26-8-7-24(14-27(26)39-2)29-28(31(37)32-15-20-11-21(16-32)13-22(12-20)17-32)30-25-6-4-3-5-23(25)9-10-36(30)33(29,18-34)19-35/h3-10,14,20-22,28-30H,11-13,15-17H2,1-2H3. The molecule has 2 heterocycles. The van der Waals surface area contributed by atoms with Crippen molar-refractivity contribution in [3.05, 3.63) is 65.4 Å².